The Hall–Kier alpha value is -1.09. The lowest BCUT2D eigenvalue weighted by Gasteiger charge is -2.30. The molecule has 3 heteroatoms. The molecular weight excluding hydrogens is 191 g/mol. The fraction of sp³-hybridized carbons (Fsp3) is 0.500. The summed E-state index contributed by atoms with van der Waals surface area (Å²) >= 11 is 0. The lowest BCUT2D eigenvalue weighted by atomic mass is 10.2. The van der Waals surface area contributed by atoms with Crippen molar-refractivity contribution in [3.05, 3.63) is 30.1 Å². The molecule has 1 rings (SSSR count). The van der Waals surface area contributed by atoms with Crippen LogP contribution < -0.4 is 10.2 Å². The molecule has 0 spiro atoms. The fourth-order valence-corrected chi connectivity index (χ4v) is 1.79. The lowest BCUT2D eigenvalue weighted by molar-refractivity contribution is 0.602. The molecule has 0 aliphatic rings. The van der Waals surface area contributed by atoms with Crippen LogP contribution in [0.1, 0.15) is 13.8 Å². The van der Waals surface area contributed by atoms with Crippen molar-refractivity contribution in [3.63, 3.8) is 0 Å². The summed E-state index contributed by atoms with van der Waals surface area (Å²) in [5.74, 6) is -0.184. The van der Waals surface area contributed by atoms with Crippen molar-refractivity contribution < 1.29 is 4.39 Å². The number of anilines is 1. The molecule has 0 radical (unpaired) electrons. The molecule has 1 atom stereocenters. The number of nitrogens with one attached hydrogen (secondary N) is 1. The third-order valence-electron chi connectivity index (χ3n) is 2.53. The van der Waals surface area contributed by atoms with Crippen LogP contribution in [-0.2, 0) is 0 Å². The van der Waals surface area contributed by atoms with Gasteiger partial charge in [0.05, 0.1) is 0 Å². The van der Waals surface area contributed by atoms with Crippen LogP contribution in [0.4, 0.5) is 10.1 Å². The van der Waals surface area contributed by atoms with Crippen molar-refractivity contribution in [2.24, 2.45) is 0 Å². The molecule has 2 nitrogen and oxygen atoms in total. The molecule has 1 unspecified atom stereocenters. The molecule has 0 aromatic heterocycles. The van der Waals surface area contributed by atoms with Gasteiger partial charge in [-0.25, -0.2) is 4.39 Å². The molecule has 15 heavy (non-hydrogen) atoms. The average Bonchev–Trinajstić information content (AvgIpc) is 2.22. The van der Waals surface area contributed by atoms with Crippen LogP contribution in [-0.4, -0.2) is 26.2 Å². The Bertz CT molecular complexity index is 284. The smallest absolute Gasteiger partial charge is 0.123 e. The van der Waals surface area contributed by atoms with Crippen molar-refractivity contribution in [1.82, 2.24) is 5.32 Å². The van der Waals surface area contributed by atoms with E-state index in [-0.39, 0.29) is 5.82 Å². The van der Waals surface area contributed by atoms with Gasteiger partial charge in [-0.2, -0.15) is 0 Å². The fourth-order valence-electron chi connectivity index (χ4n) is 1.79. The third kappa shape index (κ3) is 3.20. The first-order valence-electron chi connectivity index (χ1n) is 5.35. The molecule has 0 saturated heterocycles. The van der Waals surface area contributed by atoms with Crippen LogP contribution in [0.5, 0.6) is 0 Å². The van der Waals surface area contributed by atoms with E-state index in [1.54, 1.807) is 0 Å². The zero-order valence-electron chi connectivity index (χ0n) is 9.63. The Morgan fingerprint density at radius 1 is 1.33 bits per heavy atom. The second-order valence-electron chi connectivity index (χ2n) is 3.67. The van der Waals surface area contributed by atoms with Crippen LogP contribution in [0.3, 0.4) is 0 Å². The highest BCUT2D eigenvalue weighted by atomic mass is 19.1. The second-order valence-corrected chi connectivity index (χ2v) is 3.67. The zero-order valence-corrected chi connectivity index (χ0v) is 9.63. The number of hydrogen-bond donors (Lipinski definition) is 1. The molecular formula is C12H19FN2. The summed E-state index contributed by atoms with van der Waals surface area (Å²) in [7, 11) is 1.94. The van der Waals surface area contributed by atoms with E-state index in [0.717, 1.165) is 18.8 Å². The molecule has 0 bridgehead atoms. The Labute approximate surface area is 91.1 Å². The minimum Gasteiger partial charge on any atom is -0.368 e. The minimum absolute atomic E-state index is 0.184. The molecule has 1 aromatic rings. The van der Waals surface area contributed by atoms with Gasteiger partial charge in [-0.15, -0.1) is 0 Å². The van der Waals surface area contributed by atoms with Crippen LogP contribution >= 0.6 is 0 Å². The Balaban J connectivity index is 2.77. The van der Waals surface area contributed by atoms with Gasteiger partial charge in [-0.1, -0.05) is 0 Å². The molecule has 0 aliphatic heterocycles. The lowest BCUT2D eigenvalue weighted by Crippen LogP contribution is -2.39. The monoisotopic (exact) mass is 210 g/mol. The predicted octanol–water partition coefficient (Wildman–Crippen LogP) is 2.26. The number of hydrogen-bond acceptors (Lipinski definition) is 2. The highest BCUT2D eigenvalue weighted by molar-refractivity contribution is 5.47. The molecule has 1 aromatic carbocycles. The van der Waals surface area contributed by atoms with Gasteiger partial charge in [-0.05, 0) is 45.2 Å². The van der Waals surface area contributed by atoms with Gasteiger partial charge >= 0.3 is 0 Å². The topological polar surface area (TPSA) is 15.3 Å². The van der Waals surface area contributed by atoms with Gasteiger partial charge in [0.1, 0.15) is 5.82 Å². The maximum atomic E-state index is 12.8. The van der Waals surface area contributed by atoms with E-state index in [9.17, 15) is 4.39 Å². The van der Waals surface area contributed by atoms with Crippen molar-refractivity contribution in [2.45, 2.75) is 19.9 Å². The highest BCUT2D eigenvalue weighted by Gasteiger charge is 2.11. The number of rotatable bonds is 5. The van der Waals surface area contributed by atoms with Gasteiger partial charge in [-0.3, -0.25) is 0 Å². The summed E-state index contributed by atoms with van der Waals surface area (Å²) < 4.78 is 12.8. The summed E-state index contributed by atoms with van der Waals surface area (Å²) in [5, 5.41) is 3.15. The van der Waals surface area contributed by atoms with E-state index in [2.05, 4.69) is 24.1 Å². The predicted molar refractivity (Wildman–Crippen MR) is 62.8 cm³/mol. The maximum Gasteiger partial charge on any atom is 0.123 e. The maximum absolute atomic E-state index is 12.8. The zero-order chi connectivity index (χ0) is 11.3. The summed E-state index contributed by atoms with van der Waals surface area (Å²) in [6.45, 7) is 6.11. The Morgan fingerprint density at radius 2 is 1.93 bits per heavy atom. The Kier molecular flexibility index (Phi) is 4.56. The van der Waals surface area contributed by atoms with Gasteiger partial charge in [0.2, 0.25) is 0 Å². The Morgan fingerprint density at radius 3 is 2.40 bits per heavy atom. The number of likely N-dealkylation sites (N-methyl/N-ethyl adjacent to an activating group) is 2. The van der Waals surface area contributed by atoms with Gasteiger partial charge < -0.3 is 10.2 Å². The van der Waals surface area contributed by atoms with Crippen LogP contribution in [0.15, 0.2) is 24.3 Å². The molecule has 84 valence electrons. The first-order chi connectivity index (χ1) is 7.19. The van der Waals surface area contributed by atoms with Crippen LogP contribution in [0.25, 0.3) is 0 Å². The van der Waals surface area contributed by atoms with E-state index in [0.29, 0.717) is 6.04 Å². The van der Waals surface area contributed by atoms with Crippen molar-refractivity contribution in [3.8, 4) is 0 Å². The number of halogens is 1. The number of nitrogens with zero attached hydrogens (tertiary/aromatic N) is 1. The third-order valence-corrected chi connectivity index (χ3v) is 2.53. The summed E-state index contributed by atoms with van der Waals surface area (Å²) in [5.41, 5.74) is 1.07. The van der Waals surface area contributed by atoms with E-state index >= 15 is 0 Å². The number of benzene rings is 1. The molecule has 0 heterocycles. The SMILES string of the molecule is CCN(c1ccc(F)cc1)C(C)CNC. The van der Waals surface area contributed by atoms with Crippen LogP contribution in [0, 0.1) is 5.82 Å². The molecule has 0 amide bonds. The second kappa shape index (κ2) is 5.71. The molecule has 0 saturated carbocycles. The van der Waals surface area contributed by atoms with E-state index in [1.807, 2.05) is 19.2 Å². The van der Waals surface area contributed by atoms with Gasteiger partial charge in [0.25, 0.3) is 0 Å². The highest BCUT2D eigenvalue weighted by Crippen LogP contribution is 2.16. The molecule has 0 aliphatic carbocycles. The first-order valence-corrected chi connectivity index (χ1v) is 5.35. The molecule has 1 N–H and O–H groups in total. The average molecular weight is 210 g/mol. The van der Waals surface area contributed by atoms with E-state index in [1.165, 1.54) is 12.1 Å². The largest absolute Gasteiger partial charge is 0.368 e. The van der Waals surface area contributed by atoms with E-state index in [4.69, 9.17) is 0 Å². The molecule has 0 fully saturated rings. The van der Waals surface area contributed by atoms with Crippen molar-refractivity contribution in [2.75, 3.05) is 25.0 Å². The van der Waals surface area contributed by atoms with Crippen molar-refractivity contribution in [1.29, 1.82) is 0 Å². The summed E-state index contributed by atoms with van der Waals surface area (Å²) in [4.78, 5) is 2.25. The van der Waals surface area contributed by atoms with Crippen LogP contribution in [0.2, 0.25) is 0 Å². The van der Waals surface area contributed by atoms with E-state index < -0.39 is 0 Å². The normalized spacial score (nSPS) is 12.5. The quantitative estimate of drug-likeness (QED) is 0.802. The first kappa shape index (κ1) is 12.0. The summed E-state index contributed by atoms with van der Waals surface area (Å²) in [6.07, 6.45) is 0. The van der Waals surface area contributed by atoms with Gasteiger partial charge in [0, 0.05) is 24.8 Å². The minimum atomic E-state index is -0.184. The van der Waals surface area contributed by atoms with Crippen molar-refractivity contribution >= 4 is 5.69 Å². The standard InChI is InChI=1S/C12H19FN2/c1-4-15(10(2)9-14-3)12-7-5-11(13)6-8-12/h5-8,10,14H,4,9H2,1-3H3. The van der Waals surface area contributed by atoms with Gasteiger partial charge in [0.15, 0.2) is 0 Å². The summed E-state index contributed by atoms with van der Waals surface area (Å²) in [6, 6.07) is 7.06.